The lowest BCUT2D eigenvalue weighted by Gasteiger charge is -2.12. The van der Waals surface area contributed by atoms with Crippen LogP contribution in [0.4, 0.5) is 0 Å². The zero-order chi connectivity index (χ0) is 15.9. The van der Waals surface area contributed by atoms with E-state index in [1.165, 1.54) is 0 Å². The Kier molecular flexibility index (Phi) is 5.61. The molecule has 4 nitrogen and oxygen atoms in total. The molecule has 0 aromatic heterocycles. The summed E-state index contributed by atoms with van der Waals surface area (Å²) in [4.78, 5) is 0.327. The minimum atomic E-state index is 0.327. The van der Waals surface area contributed by atoms with Crippen molar-refractivity contribution in [2.24, 2.45) is 5.73 Å². The second kappa shape index (κ2) is 7.66. The predicted octanol–water partition coefficient (Wildman–Crippen LogP) is 3.10. The molecule has 0 aliphatic rings. The molecule has 0 saturated heterocycles. The topological polar surface area (TPSA) is 53.7 Å². The van der Waals surface area contributed by atoms with Gasteiger partial charge in [0, 0.05) is 5.56 Å². The fourth-order valence-corrected chi connectivity index (χ4v) is 2.08. The van der Waals surface area contributed by atoms with Crippen LogP contribution in [-0.2, 0) is 0 Å². The lowest BCUT2D eigenvalue weighted by molar-refractivity contribution is 0.211. The summed E-state index contributed by atoms with van der Waals surface area (Å²) in [7, 11) is 1.58. The summed E-state index contributed by atoms with van der Waals surface area (Å²) in [5.41, 5.74) is 7.51. The average molecular weight is 317 g/mol. The summed E-state index contributed by atoms with van der Waals surface area (Å²) in [6.45, 7) is 2.89. The Balaban J connectivity index is 1.90. The normalized spacial score (nSPS) is 10.1. The van der Waals surface area contributed by atoms with Gasteiger partial charge in [-0.2, -0.15) is 0 Å². The van der Waals surface area contributed by atoms with Crippen molar-refractivity contribution in [2.45, 2.75) is 6.92 Å². The molecule has 22 heavy (non-hydrogen) atoms. The third kappa shape index (κ3) is 4.36. The third-order valence-electron chi connectivity index (χ3n) is 3.05. The van der Waals surface area contributed by atoms with Crippen molar-refractivity contribution >= 4 is 17.2 Å². The molecule has 2 rings (SSSR count). The predicted molar refractivity (Wildman–Crippen MR) is 91.1 cm³/mol. The standard InChI is InChI=1S/C17H19NO3S/c1-12-4-3-5-14(10-12)20-8-9-21-15-7-6-13(17(18)22)11-16(15)19-2/h3-7,10-11H,8-9H2,1-2H3,(H2,18,22). The number of nitrogens with two attached hydrogens (primary N) is 1. The van der Waals surface area contributed by atoms with Crippen LogP contribution in [0.3, 0.4) is 0 Å². The second-order valence-electron chi connectivity index (χ2n) is 4.74. The van der Waals surface area contributed by atoms with Crippen LogP contribution in [0.1, 0.15) is 11.1 Å². The van der Waals surface area contributed by atoms with Crippen molar-refractivity contribution in [1.82, 2.24) is 0 Å². The van der Waals surface area contributed by atoms with Gasteiger partial charge in [0.1, 0.15) is 24.0 Å². The molecule has 0 aliphatic heterocycles. The lowest BCUT2D eigenvalue weighted by Crippen LogP contribution is -2.11. The van der Waals surface area contributed by atoms with Gasteiger partial charge < -0.3 is 19.9 Å². The van der Waals surface area contributed by atoms with Gasteiger partial charge >= 0.3 is 0 Å². The molecule has 5 heteroatoms. The quantitative estimate of drug-likeness (QED) is 0.628. The van der Waals surface area contributed by atoms with Crippen LogP contribution in [0.15, 0.2) is 42.5 Å². The fraction of sp³-hybridized carbons (Fsp3) is 0.235. The van der Waals surface area contributed by atoms with Gasteiger partial charge in [0.2, 0.25) is 0 Å². The number of ether oxygens (including phenoxy) is 3. The molecule has 0 heterocycles. The number of benzene rings is 2. The molecule has 2 N–H and O–H groups in total. The van der Waals surface area contributed by atoms with Crippen LogP contribution >= 0.6 is 12.2 Å². The summed E-state index contributed by atoms with van der Waals surface area (Å²) in [5.74, 6) is 2.07. The first-order valence-corrected chi connectivity index (χ1v) is 7.31. The SMILES string of the molecule is COc1cc(C(N)=S)ccc1OCCOc1cccc(C)c1. The molecular weight excluding hydrogens is 298 g/mol. The molecule has 2 aromatic rings. The van der Waals surface area contributed by atoms with Gasteiger partial charge in [-0.3, -0.25) is 0 Å². The monoisotopic (exact) mass is 317 g/mol. The van der Waals surface area contributed by atoms with Crippen LogP contribution in [0, 0.1) is 6.92 Å². The number of thiocarbonyl (C=S) groups is 1. The number of hydrogen-bond acceptors (Lipinski definition) is 4. The Labute approximate surface area is 135 Å². The first-order valence-electron chi connectivity index (χ1n) is 6.90. The highest BCUT2D eigenvalue weighted by Crippen LogP contribution is 2.28. The first-order chi connectivity index (χ1) is 10.6. The zero-order valence-electron chi connectivity index (χ0n) is 12.7. The highest BCUT2D eigenvalue weighted by Gasteiger charge is 2.07. The number of hydrogen-bond donors (Lipinski definition) is 1. The van der Waals surface area contributed by atoms with E-state index in [0.29, 0.717) is 29.7 Å². The van der Waals surface area contributed by atoms with E-state index in [0.717, 1.165) is 16.9 Å². The molecule has 0 radical (unpaired) electrons. The summed E-state index contributed by atoms with van der Waals surface area (Å²) < 4.78 is 16.6. The van der Waals surface area contributed by atoms with E-state index in [-0.39, 0.29) is 0 Å². The van der Waals surface area contributed by atoms with Gasteiger partial charge in [0.25, 0.3) is 0 Å². The van der Waals surface area contributed by atoms with E-state index >= 15 is 0 Å². The van der Waals surface area contributed by atoms with Gasteiger partial charge in [-0.25, -0.2) is 0 Å². The van der Waals surface area contributed by atoms with Crippen LogP contribution in [0.5, 0.6) is 17.2 Å². The van der Waals surface area contributed by atoms with Crippen molar-refractivity contribution in [2.75, 3.05) is 20.3 Å². The molecule has 0 unspecified atom stereocenters. The van der Waals surface area contributed by atoms with Gasteiger partial charge in [-0.05, 0) is 42.8 Å². The molecule has 116 valence electrons. The summed E-state index contributed by atoms with van der Waals surface area (Å²) >= 11 is 4.95. The number of rotatable bonds is 7. The third-order valence-corrected chi connectivity index (χ3v) is 3.28. The van der Waals surface area contributed by atoms with Gasteiger partial charge in [0.05, 0.1) is 7.11 Å². The van der Waals surface area contributed by atoms with Crippen molar-refractivity contribution in [3.8, 4) is 17.2 Å². The van der Waals surface area contributed by atoms with E-state index in [4.69, 9.17) is 32.2 Å². The van der Waals surface area contributed by atoms with Crippen molar-refractivity contribution in [3.05, 3.63) is 53.6 Å². The number of aryl methyl sites for hydroxylation is 1. The second-order valence-corrected chi connectivity index (χ2v) is 5.18. The van der Waals surface area contributed by atoms with E-state index in [9.17, 15) is 0 Å². The summed E-state index contributed by atoms with van der Waals surface area (Å²) in [6.07, 6.45) is 0. The van der Waals surface area contributed by atoms with Crippen molar-refractivity contribution in [1.29, 1.82) is 0 Å². The Bertz CT molecular complexity index is 658. The lowest BCUT2D eigenvalue weighted by atomic mass is 10.2. The summed E-state index contributed by atoms with van der Waals surface area (Å²) in [5, 5.41) is 0. The van der Waals surface area contributed by atoms with E-state index in [2.05, 4.69) is 0 Å². The minimum Gasteiger partial charge on any atom is -0.493 e. The highest BCUT2D eigenvalue weighted by atomic mass is 32.1. The maximum Gasteiger partial charge on any atom is 0.161 e. The van der Waals surface area contributed by atoms with Crippen LogP contribution in [-0.4, -0.2) is 25.3 Å². The van der Waals surface area contributed by atoms with E-state index in [1.54, 1.807) is 19.2 Å². The Morgan fingerprint density at radius 3 is 2.50 bits per heavy atom. The maximum atomic E-state index is 5.68. The fourth-order valence-electron chi connectivity index (χ4n) is 1.96. The average Bonchev–Trinajstić information content (AvgIpc) is 2.51. The van der Waals surface area contributed by atoms with Crippen molar-refractivity contribution in [3.63, 3.8) is 0 Å². The van der Waals surface area contributed by atoms with Gasteiger partial charge in [-0.1, -0.05) is 24.4 Å². The van der Waals surface area contributed by atoms with Gasteiger partial charge in [0.15, 0.2) is 11.5 Å². The van der Waals surface area contributed by atoms with Gasteiger partial charge in [-0.15, -0.1) is 0 Å². The maximum absolute atomic E-state index is 5.68. The largest absolute Gasteiger partial charge is 0.493 e. The van der Waals surface area contributed by atoms with E-state index in [1.807, 2.05) is 37.3 Å². The molecule has 0 bridgehead atoms. The summed E-state index contributed by atoms with van der Waals surface area (Å²) in [6, 6.07) is 13.3. The molecule has 0 fully saturated rings. The Morgan fingerprint density at radius 1 is 1.05 bits per heavy atom. The molecule has 2 aromatic carbocycles. The minimum absolute atomic E-state index is 0.327. The smallest absolute Gasteiger partial charge is 0.161 e. The first kappa shape index (κ1) is 16.1. The van der Waals surface area contributed by atoms with Crippen LogP contribution in [0.2, 0.25) is 0 Å². The highest BCUT2D eigenvalue weighted by molar-refractivity contribution is 7.80. The molecule has 0 amide bonds. The molecule has 0 aliphatic carbocycles. The van der Waals surface area contributed by atoms with Crippen molar-refractivity contribution < 1.29 is 14.2 Å². The molecule has 0 atom stereocenters. The molecule has 0 saturated carbocycles. The zero-order valence-corrected chi connectivity index (χ0v) is 13.5. The molecule has 0 spiro atoms. The Hall–Kier alpha value is -2.27. The number of methoxy groups -OCH3 is 1. The Morgan fingerprint density at radius 2 is 1.82 bits per heavy atom. The molecular formula is C17H19NO3S. The van der Waals surface area contributed by atoms with Crippen LogP contribution < -0.4 is 19.9 Å². The van der Waals surface area contributed by atoms with Crippen LogP contribution in [0.25, 0.3) is 0 Å². The van der Waals surface area contributed by atoms with E-state index < -0.39 is 0 Å².